The molecule has 0 amide bonds. The Morgan fingerprint density at radius 1 is 0.352 bits per heavy atom. The molecule has 1 aliphatic rings. The van der Waals surface area contributed by atoms with Crippen molar-refractivity contribution in [2.75, 3.05) is 130 Å². The van der Waals surface area contributed by atoms with E-state index in [0.717, 1.165) is 110 Å². The number of hydrogen-bond acceptors (Lipinski definition) is 41. The van der Waals surface area contributed by atoms with Gasteiger partial charge in [0, 0.05) is 63.3 Å². The quantitative estimate of drug-likeness (QED) is 0.0147. The molecule has 22 N–H and O–H groups in total. The monoisotopic (exact) mass is 1690 g/mol. The highest BCUT2D eigenvalue weighted by Gasteiger charge is 2.15. The van der Waals surface area contributed by atoms with Gasteiger partial charge >= 0.3 is 0 Å². The molecule has 0 bridgehead atoms. The van der Waals surface area contributed by atoms with Gasteiger partial charge in [0.15, 0.2) is 23.0 Å². The average molecular weight is 1690 g/mol. The van der Waals surface area contributed by atoms with Crippen LogP contribution in [0.4, 0.5) is 83.3 Å². The third-order valence-corrected chi connectivity index (χ3v) is 16.3. The van der Waals surface area contributed by atoms with Gasteiger partial charge in [-0.2, -0.15) is 105 Å². The largest absolute Gasteiger partial charge is 0.504 e. The van der Waals surface area contributed by atoms with Crippen LogP contribution in [0.5, 0.6) is 23.0 Å². The standard InChI is InChI=1S/C15H20ClN5.C13H15N5O2.C12H15N5O2.C12H15N5.2C10H13N5O.C8H15N5/c1-10(2)18-15-20-11(3)19-14(21-15)17-9-8-12-4-6-13(16)7-5-12;1-8-16-12(14)18-13(17-8)15-5-4-9-2-3-10-11(6-9)20-7-19-10;1-7-15-11(13)17-12(16-7)14-5-4-8-2-3-9(18)10(19)6-8;1-9-15-11(13)17-12(16-9)14-8-7-10-5-3-2-4-6-10;1-7-13-9(11)15-10(14-7)12-4-2-8-3-5-16-6-8;1-7-13-9(11)15-10(14-7)12-5-4-8-3-2-6-16-8;1-3-4-5-10-8-12-6(2)11-7(9)13-8/h4-7,10H,8-9H2,1-3H3,(H2,17,18,19,20,21);2-3,6H,4-5,7H2,1H3,(H3,14,15,16,17,18);2-3,6,18-19H,4-5H2,1H3,(H3,13,14,15,16,17);2-6H,7-8H2,1H3,(H3,13,14,15,16,17);3,5-6H,2,4H2,1H3,(H3,11,12,13,14,15);2-3,6H,4-5H2,1H3,(H3,11,12,13,14,15);3-5H2,1-2H3,(H3,9,10,11,12,13). The Hall–Kier alpha value is -14.8. The molecule has 41 nitrogen and oxygen atoms in total. The molecule has 0 aliphatic carbocycles. The van der Waals surface area contributed by atoms with E-state index in [2.05, 4.69) is 166 Å². The van der Waals surface area contributed by atoms with E-state index in [1.807, 2.05) is 99.6 Å². The third-order valence-electron chi connectivity index (χ3n) is 16.1. The average Bonchev–Trinajstić information content (AvgIpc) is 1.68. The van der Waals surface area contributed by atoms with E-state index in [9.17, 15) is 10.2 Å². The zero-order chi connectivity index (χ0) is 87.6. The van der Waals surface area contributed by atoms with E-state index in [1.54, 1.807) is 66.4 Å². The van der Waals surface area contributed by atoms with Crippen LogP contribution in [0, 0.1) is 48.5 Å². The second-order valence-corrected chi connectivity index (χ2v) is 27.3. The molecule has 0 fully saturated rings. The van der Waals surface area contributed by atoms with Gasteiger partial charge in [0.25, 0.3) is 0 Å². The topological polar surface area (TPSA) is 608 Å². The lowest BCUT2D eigenvalue weighted by Gasteiger charge is -2.11. The Morgan fingerprint density at radius 3 is 1.12 bits per heavy atom. The van der Waals surface area contributed by atoms with Crippen molar-refractivity contribution in [1.82, 2.24) is 105 Å². The van der Waals surface area contributed by atoms with Crippen LogP contribution in [0.15, 0.2) is 137 Å². The van der Waals surface area contributed by atoms with Crippen LogP contribution in [0.2, 0.25) is 5.02 Å². The van der Waals surface area contributed by atoms with Gasteiger partial charge < -0.3 is 105 Å². The van der Waals surface area contributed by atoms with E-state index in [-0.39, 0.29) is 53.2 Å². The first-order chi connectivity index (χ1) is 58.7. The number of rotatable bonds is 30. The fourth-order valence-corrected chi connectivity index (χ4v) is 10.8. The number of nitrogens with one attached hydrogen (secondary N) is 8. The summed E-state index contributed by atoms with van der Waals surface area (Å²) < 4.78 is 20.8. The fraction of sp³-hybridized carbons (Fsp3) is 0.338. The summed E-state index contributed by atoms with van der Waals surface area (Å²) in [6.45, 7) is 24.1. The number of nitrogens with two attached hydrogens (primary N) is 6. The minimum atomic E-state index is -0.127. The first kappa shape index (κ1) is 92.7. The Morgan fingerprint density at radius 2 is 0.721 bits per heavy atom. The Bertz CT molecular complexity index is 5070. The lowest BCUT2D eigenvalue weighted by Crippen LogP contribution is -2.16. The number of aromatic nitrogens is 21. The number of halogens is 1. The van der Waals surface area contributed by atoms with Gasteiger partial charge in [-0.25, -0.2) is 0 Å². The SMILES string of the molecule is CCCCNc1nc(C)nc(N)n1.Cc1nc(N)nc(NCCc2ccc(O)c(O)c2)n1.Cc1nc(N)nc(NCCc2ccc3c(c2)OCO3)n1.Cc1nc(N)nc(NCCc2ccccc2)n1.Cc1nc(N)nc(NCCc2ccco2)n1.Cc1nc(N)nc(NCCc2ccoc2)n1.Cc1nc(NCCc2ccc(Cl)cc2)nc(NC(C)C)n1. The number of benzene rings is 4. The maximum Gasteiger partial charge on any atom is 0.231 e. The Balaban J connectivity index is 0.000000178. The van der Waals surface area contributed by atoms with Crippen LogP contribution in [-0.2, 0) is 38.5 Å². The zero-order valence-electron chi connectivity index (χ0n) is 69.8. The van der Waals surface area contributed by atoms with E-state index < -0.39 is 0 Å². The summed E-state index contributed by atoms with van der Waals surface area (Å²) >= 11 is 5.87. The maximum absolute atomic E-state index is 9.37. The Kier molecular flexibility index (Phi) is 37.6. The molecule has 0 radical (unpaired) electrons. The van der Waals surface area contributed by atoms with Crippen molar-refractivity contribution in [1.29, 1.82) is 0 Å². The molecule has 122 heavy (non-hydrogen) atoms. The molecule has 9 aromatic heterocycles. The van der Waals surface area contributed by atoms with Gasteiger partial charge in [-0.3, -0.25) is 0 Å². The predicted molar refractivity (Wildman–Crippen MR) is 471 cm³/mol. The zero-order valence-corrected chi connectivity index (χ0v) is 70.5. The fourth-order valence-electron chi connectivity index (χ4n) is 10.6. The van der Waals surface area contributed by atoms with E-state index in [4.69, 9.17) is 64.3 Å². The van der Waals surface area contributed by atoms with E-state index >= 15 is 0 Å². The molecule has 0 spiro atoms. The van der Waals surface area contributed by atoms with Crippen LogP contribution in [-0.4, -0.2) is 174 Å². The molecular formula is C80H106ClN35O6. The minimum absolute atomic E-state index is 0.127. The van der Waals surface area contributed by atoms with Gasteiger partial charge in [-0.15, -0.1) is 0 Å². The van der Waals surface area contributed by atoms with Crippen LogP contribution < -0.4 is 86.4 Å². The van der Waals surface area contributed by atoms with Crippen molar-refractivity contribution < 1.29 is 28.5 Å². The van der Waals surface area contributed by atoms with Gasteiger partial charge in [0.2, 0.25) is 90.1 Å². The molecule has 1 aliphatic heterocycles. The lowest BCUT2D eigenvalue weighted by molar-refractivity contribution is 0.174. The number of fused-ring (bicyclic) bond motifs is 1. The summed E-state index contributed by atoms with van der Waals surface area (Å²) in [4.78, 5) is 84.9. The number of phenolic OH excluding ortho intramolecular Hbond substituents is 2. The van der Waals surface area contributed by atoms with Crippen LogP contribution in [0.25, 0.3) is 0 Å². The number of anilines is 14. The summed E-state index contributed by atoms with van der Waals surface area (Å²) in [6, 6.07) is 34.7. The van der Waals surface area contributed by atoms with Gasteiger partial charge in [0.1, 0.15) is 46.5 Å². The van der Waals surface area contributed by atoms with Gasteiger partial charge in [0.05, 0.1) is 18.8 Å². The van der Waals surface area contributed by atoms with E-state index in [0.29, 0.717) is 121 Å². The molecule has 4 aromatic carbocycles. The highest BCUT2D eigenvalue weighted by atomic mass is 35.5. The van der Waals surface area contributed by atoms with E-state index in [1.165, 1.54) is 23.3 Å². The van der Waals surface area contributed by atoms with Crippen molar-refractivity contribution in [3.63, 3.8) is 0 Å². The number of unbranched alkanes of at least 4 members (excludes halogenated alkanes) is 1. The molecule has 14 rings (SSSR count). The summed E-state index contributed by atoms with van der Waals surface area (Å²) in [7, 11) is 0. The normalized spacial score (nSPS) is 10.7. The highest BCUT2D eigenvalue weighted by molar-refractivity contribution is 6.30. The van der Waals surface area contributed by atoms with Crippen LogP contribution in [0.1, 0.15) is 108 Å². The van der Waals surface area contributed by atoms with Gasteiger partial charge in [-0.05, 0) is 183 Å². The summed E-state index contributed by atoms with van der Waals surface area (Å²) in [5.41, 5.74) is 38.8. The third kappa shape index (κ3) is 36.0. The second-order valence-electron chi connectivity index (χ2n) is 26.9. The Labute approximate surface area is 711 Å². The number of aryl methyl sites for hydroxylation is 7. The van der Waals surface area contributed by atoms with Crippen molar-refractivity contribution in [2.24, 2.45) is 0 Å². The van der Waals surface area contributed by atoms with Crippen LogP contribution in [0.3, 0.4) is 0 Å². The molecule has 42 heteroatoms. The number of nitrogens with zero attached hydrogens (tertiary/aromatic N) is 21. The number of phenols is 2. The molecule has 0 atom stereocenters. The number of furan rings is 2. The first-order valence-electron chi connectivity index (χ1n) is 39.0. The van der Waals surface area contributed by atoms with Crippen molar-refractivity contribution >= 4 is 94.9 Å². The minimum Gasteiger partial charge on any atom is -0.504 e. The number of hydrogen-bond donors (Lipinski definition) is 16. The molecule has 13 aromatic rings. The smallest absolute Gasteiger partial charge is 0.231 e. The summed E-state index contributed by atoms with van der Waals surface area (Å²) in [5.74, 6) is 12.2. The number of ether oxygens (including phenoxy) is 2. The van der Waals surface area contributed by atoms with Crippen molar-refractivity contribution in [3.05, 3.63) is 207 Å². The predicted octanol–water partition coefficient (Wildman–Crippen LogP) is 9.69. The second kappa shape index (κ2) is 49.4. The molecule has 0 saturated heterocycles. The maximum atomic E-state index is 9.37. The molecule has 0 saturated carbocycles. The molecule has 0 unspecified atom stereocenters. The van der Waals surface area contributed by atoms with Crippen molar-refractivity contribution in [3.8, 4) is 23.0 Å². The van der Waals surface area contributed by atoms with Crippen LogP contribution >= 0.6 is 11.6 Å². The first-order valence-corrected chi connectivity index (χ1v) is 39.4. The lowest BCUT2D eigenvalue weighted by atomic mass is 10.1. The summed E-state index contributed by atoms with van der Waals surface area (Å²) in [5, 5.41) is 44.2. The number of nitrogen functional groups attached to an aromatic ring is 6. The van der Waals surface area contributed by atoms with Gasteiger partial charge in [-0.1, -0.05) is 79.5 Å². The molecular weight excluding hydrogens is 1580 g/mol. The highest BCUT2D eigenvalue weighted by Crippen LogP contribution is 2.33. The molecule has 10 heterocycles. The van der Waals surface area contributed by atoms with Crippen molar-refractivity contribution in [2.45, 2.75) is 127 Å². The summed E-state index contributed by atoms with van der Waals surface area (Å²) in [6.07, 6.45) is 12.2. The molecule has 644 valence electrons. The number of aromatic hydroxyl groups is 2.